The van der Waals surface area contributed by atoms with Gasteiger partial charge in [0.05, 0.1) is 21.2 Å². The highest BCUT2D eigenvalue weighted by Crippen LogP contribution is 2.28. The van der Waals surface area contributed by atoms with Crippen molar-refractivity contribution in [2.75, 3.05) is 9.44 Å². The normalized spacial score (nSPS) is 11.7. The topological polar surface area (TPSA) is 135 Å². The summed E-state index contributed by atoms with van der Waals surface area (Å²) in [6.07, 6.45) is 0. The number of nitrogens with two attached hydrogens (primary N) is 1. The number of nitrogens with one attached hydrogen (secondary N) is 2. The van der Waals surface area contributed by atoms with Gasteiger partial charge in [-0.3, -0.25) is 14.2 Å². The standard InChI is InChI=1S/C21H21N3O5S2/c1-14-3-8-17(9-4-14)30(26,27)23-19-12-7-16(21(22)25)13-20(19)24-31(28,29)18-10-5-15(2)6-11-18/h3-13,23-24H,1-2H3,(H2,22,25). The molecule has 3 aromatic rings. The van der Waals surface area contributed by atoms with Gasteiger partial charge in [0.25, 0.3) is 20.0 Å². The van der Waals surface area contributed by atoms with E-state index < -0.39 is 26.0 Å². The first-order chi connectivity index (χ1) is 14.5. The van der Waals surface area contributed by atoms with Crippen LogP contribution in [0.3, 0.4) is 0 Å². The third-order valence-electron chi connectivity index (χ3n) is 4.46. The highest BCUT2D eigenvalue weighted by atomic mass is 32.2. The first kappa shape index (κ1) is 22.3. The second kappa shape index (κ2) is 8.40. The molecule has 0 unspecified atom stereocenters. The van der Waals surface area contributed by atoms with Crippen LogP contribution in [0, 0.1) is 13.8 Å². The summed E-state index contributed by atoms with van der Waals surface area (Å²) in [5, 5.41) is 0. The summed E-state index contributed by atoms with van der Waals surface area (Å²) < 4.78 is 55.9. The van der Waals surface area contributed by atoms with Crippen LogP contribution in [0.4, 0.5) is 11.4 Å². The molecular formula is C21H21N3O5S2. The van der Waals surface area contributed by atoms with E-state index in [1.165, 1.54) is 42.5 Å². The molecule has 4 N–H and O–H groups in total. The minimum absolute atomic E-state index is 0.00409. The molecule has 3 aromatic carbocycles. The summed E-state index contributed by atoms with van der Waals surface area (Å²) in [6, 6.07) is 16.0. The Hall–Kier alpha value is -3.37. The molecule has 0 atom stereocenters. The summed E-state index contributed by atoms with van der Waals surface area (Å²) in [7, 11) is -8.07. The van der Waals surface area contributed by atoms with Gasteiger partial charge in [-0.2, -0.15) is 0 Å². The van der Waals surface area contributed by atoms with Crippen molar-refractivity contribution in [2.45, 2.75) is 23.6 Å². The number of anilines is 2. The van der Waals surface area contributed by atoms with Gasteiger partial charge in [0.15, 0.2) is 0 Å². The lowest BCUT2D eigenvalue weighted by Crippen LogP contribution is -2.19. The maximum atomic E-state index is 12.8. The number of sulfonamides is 2. The fourth-order valence-corrected chi connectivity index (χ4v) is 4.86. The van der Waals surface area contributed by atoms with Gasteiger partial charge in [-0.1, -0.05) is 35.4 Å². The second-order valence-corrected chi connectivity index (χ2v) is 10.3. The van der Waals surface area contributed by atoms with Gasteiger partial charge in [0.2, 0.25) is 5.91 Å². The van der Waals surface area contributed by atoms with E-state index in [9.17, 15) is 21.6 Å². The molecule has 0 aromatic heterocycles. The minimum atomic E-state index is -4.06. The lowest BCUT2D eigenvalue weighted by Gasteiger charge is -2.16. The van der Waals surface area contributed by atoms with E-state index in [4.69, 9.17) is 5.73 Å². The van der Waals surface area contributed by atoms with E-state index in [-0.39, 0.29) is 26.7 Å². The summed E-state index contributed by atoms with van der Waals surface area (Å²) in [4.78, 5) is 11.6. The van der Waals surface area contributed by atoms with Gasteiger partial charge in [-0.25, -0.2) is 16.8 Å². The third-order valence-corrected chi connectivity index (χ3v) is 7.22. The largest absolute Gasteiger partial charge is 0.366 e. The molecule has 0 aliphatic carbocycles. The number of aryl methyl sites for hydroxylation is 2. The molecule has 0 aliphatic heterocycles. The Bertz CT molecular complexity index is 1330. The van der Waals surface area contributed by atoms with Gasteiger partial charge in [0.1, 0.15) is 0 Å². The summed E-state index contributed by atoms with van der Waals surface area (Å²) in [6.45, 7) is 3.64. The van der Waals surface area contributed by atoms with Crippen molar-refractivity contribution in [3.05, 3.63) is 83.4 Å². The number of hydrogen-bond acceptors (Lipinski definition) is 5. The van der Waals surface area contributed by atoms with Gasteiger partial charge >= 0.3 is 0 Å². The highest BCUT2D eigenvalue weighted by molar-refractivity contribution is 7.93. The maximum absolute atomic E-state index is 12.8. The number of hydrogen-bond donors (Lipinski definition) is 3. The van der Waals surface area contributed by atoms with Crippen LogP contribution in [0.15, 0.2) is 76.5 Å². The monoisotopic (exact) mass is 459 g/mol. The van der Waals surface area contributed by atoms with Crippen LogP contribution in [0.1, 0.15) is 21.5 Å². The number of amides is 1. The summed E-state index contributed by atoms with van der Waals surface area (Å²) >= 11 is 0. The maximum Gasteiger partial charge on any atom is 0.261 e. The lowest BCUT2D eigenvalue weighted by atomic mass is 10.2. The van der Waals surface area contributed by atoms with Gasteiger partial charge < -0.3 is 5.73 Å². The average Bonchev–Trinajstić information content (AvgIpc) is 2.69. The van der Waals surface area contributed by atoms with Crippen LogP contribution in [0.2, 0.25) is 0 Å². The number of rotatable bonds is 7. The number of primary amides is 1. The molecule has 0 radical (unpaired) electrons. The molecule has 0 spiro atoms. The van der Waals surface area contributed by atoms with E-state index in [2.05, 4.69) is 9.44 Å². The highest BCUT2D eigenvalue weighted by Gasteiger charge is 2.21. The van der Waals surface area contributed by atoms with E-state index in [0.717, 1.165) is 11.1 Å². The summed E-state index contributed by atoms with van der Waals surface area (Å²) in [5.41, 5.74) is 6.89. The zero-order chi connectivity index (χ0) is 22.8. The fraction of sp³-hybridized carbons (Fsp3) is 0.0952. The first-order valence-electron chi connectivity index (χ1n) is 9.11. The van der Waals surface area contributed by atoms with E-state index in [1.807, 2.05) is 13.8 Å². The molecule has 0 saturated carbocycles. The molecule has 0 aliphatic rings. The summed E-state index contributed by atoms with van der Waals surface area (Å²) in [5.74, 6) is -0.788. The van der Waals surface area contributed by atoms with Crippen molar-refractivity contribution >= 4 is 37.3 Å². The van der Waals surface area contributed by atoms with Crippen molar-refractivity contribution in [2.24, 2.45) is 5.73 Å². The van der Waals surface area contributed by atoms with Crippen molar-refractivity contribution in [1.29, 1.82) is 0 Å². The number of carbonyl (C=O) groups excluding carboxylic acids is 1. The Morgan fingerprint density at radius 3 is 1.52 bits per heavy atom. The fourth-order valence-electron chi connectivity index (χ4n) is 2.71. The predicted octanol–water partition coefficient (Wildman–Crippen LogP) is 3.00. The van der Waals surface area contributed by atoms with Crippen LogP contribution in [-0.4, -0.2) is 22.7 Å². The van der Waals surface area contributed by atoms with Gasteiger partial charge in [0, 0.05) is 5.56 Å². The molecule has 0 bridgehead atoms. The van der Waals surface area contributed by atoms with Crippen LogP contribution in [-0.2, 0) is 20.0 Å². The molecule has 162 valence electrons. The van der Waals surface area contributed by atoms with Crippen LogP contribution < -0.4 is 15.2 Å². The number of benzene rings is 3. The Labute approximate surface area is 181 Å². The van der Waals surface area contributed by atoms with Gasteiger partial charge in [-0.05, 0) is 56.3 Å². The lowest BCUT2D eigenvalue weighted by molar-refractivity contribution is 0.100. The van der Waals surface area contributed by atoms with E-state index in [0.29, 0.717) is 0 Å². The van der Waals surface area contributed by atoms with E-state index >= 15 is 0 Å². The minimum Gasteiger partial charge on any atom is -0.366 e. The average molecular weight is 460 g/mol. The molecular weight excluding hydrogens is 438 g/mol. The quantitative estimate of drug-likeness (QED) is 0.499. The third kappa shape index (κ3) is 5.22. The smallest absolute Gasteiger partial charge is 0.261 e. The van der Waals surface area contributed by atoms with Crippen LogP contribution in [0.5, 0.6) is 0 Å². The van der Waals surface area contributed by atoms with Crippen molar-refractivity contribution in [3.8, 4) is 0 Å². The molecule has 0 heterocycles. The van der Waals surface area contributed by atoms with Crippen LogP contribution >= 0.6 is 0 Å². The second-order valence-electron chi connectivity index (χ2n) is 6.96. The molecule has 0 fully saturated rings. The molecule has 31 heavy (non-hydrogen) atoms. The number of carbonyl (C=O) groups is 1. The zero-order valence-electron chi connectivity index (χ0n) is 16.8. The predicted molar refractivity (Wildman–Crippen MR) is 119 cm³/mol. The Morgan fingerprint density at radius 1 is 0.677 bits per heavy atom. The first-order valence-corrected chi connectivity index (χ1v) is 12.1. The molecule has 10 heteroatoms. The Kier molecular flexibility index (Phi) is 6.05. The van der Waals surface area contributed by atoms with E-state index in [1.54, 1.807) is 24.3 Å². The SMILES string of the molecule is Cc1ccc(S(=O)(=O)Nc2ccc(C(N)=O)cc2NS(=O)(=O)c2ccc(C)cc2)cc1. The molecule has 0 saturated heterocycles. The van der Waals surface area contributed by atoms with Crippen molar-refractivity contribution in [3.63, 3.8) is 0 Å². The van der Waals surface area contributed by atoms with Gasteiger partial charge in [-0.15, -0.1) is 0 Å². The molecule has 8 nitrogen and oxygen atoms in total. The van der Waals surface area contributed by atoms with Crippen LogP contribution in [0.25, 0.3) is 0 Å². The van der Waals surface area contributed by atoms with Crippen molar-refractivity contribution < 1.29 is 21.6 Å². The van der Waals surface area contributed by atoms with Crippen molar-refractivity contribution in [1.82, 2.24) is 0 Å². The molecule has 3 rings (SSSR count). The zero-order valence-corrected chi connectivity index (χ0v) is 18.4. The Balaban J connectivity index is 2.02. The molecule has 1 amide bonds. The Morgan fingerprint density at radius 2 is 1.10 bits per heavy atom.